The topological polar surface area (TPSA) is 21.3 Å². The lowest BCUT2D eigenvalue weighted by Gasteiger charge is -2.11. The Morgan fingerprint density at radius 3 is 2.53 bits per heavy atom. The standard InChI is InChI=1S/C14H21NO.ClH/c1-11(2)13-5-3-12(4-6-13)10-16-14-7-8-15-9-14;/h3-6,11,14-15H,7-10H2,1-2H3;1H/t14-;/m0./s1. The summed E-state index contributed by atoms with van der Waals surface area (Å²) in [6.45, 7) is 7.27. The average molecular weight is 256 g/mol. The van der Waals surface area contributed by atoms with Crippen LogP contribution in [0.3, 0.4) is 0 Å². The Bertz CT molecular complexity index is 317. The van der Waals surface area contributed by atoms with E-state index in [1.165, 1.54) is 11.1 Å². The van der Waals surface area contributed by atoms with E-state index in [0.29, 0.717) is 12.0 Å². The predicted molar refractivity (Wildman–Crippen MR) is 73.8 cm³/mol. The highest BCUT2D eigenvalue weighted by atomic mass is 35.5. The highest BCUT2D eigenvalue weighted by molar-refractivity contribution is 5.85. The van der Waals surface area contributed by atoms with Crippen LogP contribution >= 0.6 is 12.4 Å². The molecule has 1 fully saturated rings. The Morgan fingerprint density at radius 2 is 2.00 bits per heavy atom. The Balaban J connectivity index is 0.00000144. The average Bonchev–Trinajstić information content (AvgIpc) is 2.80. The summed E-state index contributed by atoms with van der Waals surface area (Å²) in [4.78, 5) is 0. The fraction of sp³-hybridized carbons (Fsp3) is 0.571. The summed E-state index contributed by atoms with van der Waals surface area (Å²) in [5, 5.41) is 3.31. The van der Waals surface area contributed by atoms with Crippen LogP contribution in [0.25, 0.3) is 0 Å². The maximum atomic E-state index is 5.83. The van der Waals surface area contributed by atoms with Gasteiger partial charge in [-0.25, -0.2) is 0 Å². The normalized spacial score (nSPS) is 19.4. The van der Waals surface area contributed by atoms with Gasteiger partial charge in [-0.2, -0.15) is 0 Å². The van der Waals surface area contributed by atoms with E-state index in [0.717, 1.165) is 26.1 Å². The molecule has 0 amide bonds. The summed E-state index contributed by atoms with van der Waals surface area (Å²) in [7, 11) is 0. The molecule has 1 N–H and O–H groups in total. The van der Waals surface area contributed by atoms with E-state index in [9.17, 15) is 0 Å². The summed E-state index contributed by atoms with van der Waals surface area (Å²) >= 11 is 0. The van der Waals surface area contributed by atoms with Crippen LogP contribution in [-0.4, -0.2) is 19.2 Å². The van der Waals surface area contributed by atoms with Gasteiger partial charge in [0, 0.05) is 6.54 Å². The Kier molecular flexibility index (Phi) is 5.96. The molecule has 0 aliphatic carbocycles. The van der Waals surface area contributed by atoms with Gasteiger partial charge in [0.15, 0.2) is 0 Å². The van der Waals surface area contributed by atoms with E-state index in [4.69, 9.17) is 4.74 Å². The van der Waals surface area contributed by atoms with Crippen molar-refractivity contribution in [1.82, 2.24) is 5.32 Å². The molecular weight excluding hydrogens is 234 g/mol. The van der Waals surface area contributed by atoms with Gasteiger partial charge in [-0.05, 0) is 30.0 Å². The molecule has 1 aliphatic rings. The van der Waals surface area contributed by atoms with Crippen molar-refractivity contribution in [2.75, 3.05) is 13.1 Å². The van der Waals surface area contributed by atoms with Gasteiger partial charge in [0.25, 0.3) is 0 Å². The molecular formula is C14H22ClNO. The van der Waals surface area contributed by atoms with Crippen molar-refractivity contribution in [2.24, 2.45) is 0 Å². The minimum absolute atomic E-state index is 0. The fourth-order valence-electron chi connectivity index (χ4n) is 1.98. The first-order valence-electron chi connectivity index (χ1n) is 6.17. The van der Waals surface area contributed by atoms with Crippen LogP contribution in [0.15, 0.2) is 24.3 Å². The van der Waals surface area contributed by atoms with Gasteiger partial charge in [0.2, 0.25) is 0 Å². The third-order valence-corrected chi connectivity index (χ3v) is 3.15. The van der Waals surface area contributed by atoms with Crippen LogP contribution in [0.1, 0.15) is 37.3 Å². The third-order valence-electron chi connectivity index (χ3n) is 3.15. The molecule has 17 heavy (non-hydrogen) atoms. The fourth-order valence-corrected chi connectivity index (χ4v) is 1.98. The number of benzene rings is 1. The summed E-state index contributed by atoms with van der Waals surface area (Å²) in [5.74, 6) is 0.606. The van der Waals surface area contributed by atoms with Crippen LogP contribution < -0.4 is 5.32 Å². The third kappa shape index (κ3) is 4.30. The second kappa shape index (κ2) is 7.00. The number of hydrogen-bond acceptors (Lipinski definition) is 2. The predicted octanol–water partition coefficient (Wildman–Crippen LogP) is 3.11. The lowest BCUT2D eigenvalue weighted by atomic mass is 10.0. The minimum Gasteiger partial charge on any atom is -0.372 e. The van der Waals surface area contributed by atoms with E-state index in [2.05, 4.69) is 43.4 Å². The Morgan fingerprint density at radius 1 is 1.29 bits per heavy atom. The maximum Gasteiger partial charge on any atom is 0.0721 e. The van der Waals surface area contributed by atoms with Gasteiger partial charge < -0.3 is 10.1 Å². The number of ether oxygens (including phenoxy) is 1. The molecule has 0 bridgehead atoms. The molecule has 2 rings (SSSR count). The molecule has 1 aromatic rings. The molecule has 1 aliphatic heterocycles. The van der Waals surface area contributed by atoms with Crippen molar-refractivity contribution >= 4 is 12.4 Å². The summed E-state index contributed by atoms with van der Waals surface area (Å²) in [5.41, 5.74) is 2.67. The van der Waals surface area contributed by atoms with E-state index >= 15 is 0 Å². The van der Waals surface area contributed by atoms with Crippen molar-refractivity contribution in [3.05, 3.63) is 35.4 Å². The van der Waals surface area contributed by atoms with Crippen LogP contribution in [0, 0.1) is 0 Å². The molecule has 1 heterocycles. The van der Waals surface area contributed by atoms with Crippen LogP contribution in [-0.2, 0) is 11.3 Å². The molecule has 2 nitrogen and oxygen atoms in total. The second-order valence-electron chi connectivity index (χ2n) is 4.82. The van der Waals surface area contributed by atoms with Gasteiger partial charge >= 0.3 is 0 Å². The lowest BCUT2D eigenvalue weighted by Crippen LogP contribution is -2.16. The van der Waals surface area contributed by atoms with Gasteiger partial charge in [0.05, 0.1) is 12.7 Å². The molecule has 96 valence electrons. The molecule has 1 aromatic carbocycles. The summed E-state index contributed by atoms with van der Waals surface area (Å²) < 4.78 is 5.83. The first-order valence-corrected chi connectivity index (χ1v) is 6.17. The van der Waals surface area contributed by atoms with Crippen LogP contribution in [0.2, 0.25) is 0 Å². The number of halogens is 1. The number of rotatable bonds is 4. The van der Waals surface area contributed by atoms with Gasteiger partial charge in [-0.15, -0.1) is 12.4 Å². The zero-order chi connectivity index (χ0) is 11.4. The monoisotopic (exact) mass is 255 g/mol. The molecule has 1 saturated heterocycles. The first-order chi connectivity index (χ1) is 7.75. The Labute approximate surface area is 110 Å². The summed E-state index contributed by atoms with van der Waals surface area (Å²) in [6, 6.07) is 8.77. The molecule has 0 radical (unpaired) electrons. The SMILES string of the molecule is CC(C)c1ccc(CO[C@H]2CCNC2)cc1.Cl. The largest absolute Gasteiger partial charge is 0.372 e. The highest BCUT2D eigenvalue weighted by Crippen LogP contribution is 2.16. The van der Waals surface area contributed by atoms with Gasteiger partial charge in [0.1, 0.15) is 0 Å². The minimum atomic E-state index is 0. The van der Waals surface area contributed by atoms with E-state index in [1.807, 2.05) is 0 Å². The van der Waals surface area contributed by atoms with Crippen LogP contribution in [0.4, 0.5) is 0 Å². The lowest BCUT2D eigenvalue weighted by molar-refractivity contribution is 0.0542. The molecule has 0 spiro atoms. The van der Waals surface area contributed by atoms with Crippen molar-refractivity contribution in [2.45, 2.75) is 38.9 Å². The number of nitrogens with one attached hydrogen (secondary N) is 1. The van der Waals surface area contributed by atoms with Crippen molar-refractivity contribution < 1.29 is 4.74 Å². The molecule has 0 aromatic heterocycles. The smallest absolute Gasteiger partial charge is 0.0721 e. The van der Waals surface area contributed by atoms with Crippen molar-refractivity contribution in [3.63, 3.8) is 0 Å². The molecule has 0 unspecified atom stereocenters. The van der Waals surface area contributed by atoms with E-state index < -0.39 is 0 Å². The summed E-state index contributed by atoms with van der Waals surface area (Å²) in [6.07, 6.45) is 1.55. The maximum absolute atomic E-state index is 5.83. The highest BCUT2D eigenvalue weighted by Gasteiger charge is 2.14. The zero-order valence-electron chi connectivity index (χ0n) is 10.6. The van der Waals surface area contributed by atoms with Gasteiger partial charge in [-0.3, -0.25) is 0 Å². The quantitative estimate of drug-likeness (QED) is 0.893. The Hall–Kier alpha value is -0.570. The molecule has 3 heteroatoms. The first kappa shape index (κ1) is 14.5. The van der Waals surface area contributed by atoms with Crippen molar-refractivity contribution in [3.8, 4) is 0 Å². The van der Waals surface area contributed by atoms with Crippen molar-refractivity contribution in [1.29, 1.82) is 0 Å². The molecule has 1 atom stereocenters. The second-order valence-corrected chi connectivity index (χ2v) is 4.82. The van der Waals surface area contributed by atoms with Gasteiger partial charge in [-0.1, -0.05) is 38.1 Å². The zero-order valence-corrected chi connectivity index (χ0v) is 11.4. The van der Waals surface area contributed by atoms with Crippen LogP contribution in [0.5, 0.6) is 0 Å². The van der Waals surface area contributed by atoms with E-state index in [-0.39, 0.29) is 12.4 Å². The number of hydrogen-bond donors (Lipinski definition) is 1. The van der Waals surface area contributed by atoms with E-state index in [1.54, 1.807) is 0 Å². The molecule has 0 saturated carbocycles.